The number of allylic oxidation sites excluding steroid dienone is 2. The summed E-state index contributed by atoms with van der Waals surface area (Å²) in [5.41, 5.74) is 1.94. The third-order valence-corrected chi connectivity index (χ3v) is 6.52. The zero-order valence-electron chi connectivity index (χ0n) is 20.0. The minimum atomic E-state index is -0.291. The van der Waals surface area contributed by atoms with Gasteiger partial charge in [0.25, 0.3) is 5.91 Å². The second-order valence-corrected chi connectivity index (χ2v) is 9.12. The SMILES string of the molecule is CNCCCN=C1NC(CN2CCN(C(=O)c3cccc(C#N)c3)CC2)=NC2(C)CC=CC=C12. The van der Waals surface area contributed by atoms with Gasteiger partial charge in [-0.15, -0.1) is 0 Å². The van der Waals surface area contributed by atoms with Gasteiger partial charge in [-0.2, -0.15) is 5.26 Å². The summed E-state index contributed by atoms with van der Waals surface area (Å²) in [6, 6.07) is 9.02. The van der Waals surface area contributed by atoms with Crippen molar-refractivity contribution in [1.29, 1.82) is 5.26 Å². The molecule has 1 fully saturated rings. The number of fused-ring (bicyclic) bond motifs is 1. The van der Waals surface area contributed by atoms with E-state index in [2.05, 4.69) is 46.8 Å². The first kappa shape index (κ1) is 23.9. The molecule has 1 unspecified atom stereocenters. The average Bonchev–Trinajstić information content (AvgIpc) is 2.86. The Morgan fingerprint density at radius 3 is 2.91 bits per heavy atom. The molecular weight excluding hydrogens is 426 g/mol. The van der Waals surface area contributed by atoms with Crippen LogP contribution in [0, 0.1) is 11.3 Å². The Morgan fingerprint density at radius 1 is 1.32 bits per heavy atom. The van der Waals surface area contributed by atoms with Crippen LogP contribution in [0.25, 0.3) is 0 Å². The Bertz CT molecular complexity index is 1070. The number of rotatable bonds is 7. The second-order valence-electron chi connectivity index (χ2n) is 9.12. The van der Waals surface area contributed by atoms with Gasteiger partial charge in [-0.05, 0) is 51.6 Å². The Morgan fingerprint density at radius 2 is 2.15 bits per heavy atom. The monoisotopic (exact) mass is 459 g/mol. The van der Waals surface area contributed by atoms with E-state index in [0.29, 0.717) is 30.8 Å². The molecule has 0 bridgehead atoms. The van der Waals surface area contributed by atoms with Crippen LogP contribution in [-0.2, 0) is 0 Å². The Hall–Kier alpha value is -3.28. The second kappa shape index (κ2) is 10.8. The summed E-state index contributed by atoms with van der Waals surface area (Å²) < 4.78 is 0. The number of carbonyl (C=O) groups is 1. The van der Waals surface area contributed by atoms with Crippen molar-refractivity contribution >= 4 is 17.6 Å². The van der Waals surface area contributed by atoms with Gasteiger partial charge in [0, 0.05) is 43.9 Å². The first-order valence-electron chi connectivity index (χ1n) is 12.0. The number of amides is 1. The van der Waals surface area contributed by atoms with Crippen LogP contribution >= 0.6 is 0 Å². The number of amidine groups is 2. The molecule has 1 atom stereocenters. The van der Waals surface area contributed by atoms with Gasteiger partial charge in [-0.1, -0.05) is 24.3 Å². The minimum absolute atomic E-state index is 0.0165. The molecule has 1 saturated heterocycles. The molecule has 0 radical (unpaired) electrons. The zero-order chi connectivity index (χ0) is 24.0. The molecule has 0 saturated carbocycles. The number of nitriles is 1. The Labute approximate surface area is 201 Å². The summed E-state index contributed by atoms with van der Waals surface area (Å²) in [6.07, 6.45) is 8.23. The molecule has 3 aliphatic rings. The van der Waals surface area contributed by atoms with Crippen LogP contribution in [0.2, 0.25) is 0 Å². The van der Waals surface area contributed by atoms with Crippen LogP contribution in [0.15, 0.2) is 58.1 Å². The summed E-state index contributed by atoms with van der Waals surface area (Å²) in [6.45, 7) is 7.44. The molecule has 1 amide bonds. The molecular formula is C26H33N7O. The third-order valence-electron chi connectivity index (χ3n) is 6.52. The predicted octanol–water partition coefficient (Wildman–Crippen LogP) is 1.97. The van der Waals surface area contributed by atoms with Gasteiger partial charge in [0.05, 0.1) is 23.7 Å². The van der Waals surface area contributed by atoms with Gasteiger partial charge >= 0.3 is 0 Å². The van der Waals surface area contributed by atoms with Crippen LogP contribution in [0.1, 0.15) is 35.7 Å². The highest BCUT2D eigenvalue weighted by molar-refractivity contribution is 6.13. The molecule has 2 heterocycles. The predicted molar refractivity (Wildman–Crippen MR) is 135 cm³/mol. The van der Waals surface area contributed by atoms with Gasteiger partial charge in [0.15, 0.2) is 0 Å². The summed E-state index contributed by atoms with van der Waals surface area (Å²) in [7, 11) is 1.96. The molecule has 8 nitrogen and oxygen atoms in total. The number of carbonyl (C=O) groups excluding carboxylic acids is 1. The van der Waals surface area contributed by atoms with Crippen molar-refractivity contribution < 1.29 is 4.79 Å². The Balaban J connectivity index is 1.39. The molecule has 4 rings (SSSR count). The van der Waals surface area contributed by atoms with Crippen LogP contribution in [0.5, 0.6) is 0 Å². The molecule has 1 aromatic carbocycles. The van der Waals surface area contributed by atoms with Crippen LogP contribution in [-0.4, -0.2) is 85.8 Å². The van der Waals surface area contributed by atoms with Crippen molar-refractivity contribution in [3.05, 3.63) is 59.2 Å². The van der Waals surface area contributed by atoms with E-state index in [1.165, 1.54) is 0 Å². The molecule has 1 aliphatic carbocycles. The maximum Gasteiger partial charge on any atom is 0.253 e. The number of nitrogens with one attached hydrogen (secondary N) is 2. The largest absolute Gasteiger partial charge is 0.336 e. The smallest absolute Gasteiger partial charge is 0.253 e. The fraction of sp³-hybridized carbons (Fsp3) is 0.462. The van der Waals surface area contributed by atoms with E-state index in [0.717, 1.165) is 56.3 Å². The lowest BCUT2D eigenvalue weighted by Crippen LogP contribution is -2.54. The number of hydrogen-bond donors (Lipinski definition) is 2. The molecule has 0 spiro atoms. The van der Waals surface area contributed by atoms with Crippen molar-refractivity contribution in [2.24, 2.45) is 9.98 Å². The first-order valence-corrected chi connectivity index (χ1v) is 12.0. The first-order chi connectivity index (χ1) is 16.5. The molecule has 8 heteroatoms. The van der Waals surface area contributed by atoms with Crippen molar-refractivity contribution in [3.63, 3.8) is 0 Å². The average molecular weight is 460 g/mol. The highest BCUT2D eigenvalue weighted by atomic mass is 16.2. The van der Waals surface area contributed by atoms with Crippen molar-refractivity contribution in [2.75, 3.05) is 52.9 Å². The number of aliphatic imine (C=N–C) groups is 2. The third kappa shape index (κ3) is 5.44. The summed E-state index contributed by atoms with van der Waals surface area (Å²) in [5, 5.41) is 15.8. The fourth-order valence-corrected chi connectivity index (χ4v) is 4.59. The lowest BCUT2D eigenvalue weighted by molar-refractivity contribution is 0.0653. The highest BCUT2D eigenvalue weighted by Gasteiger charge is 2.37. The molecule has 0 aromatic heterocycles. The quantitative estimate of drug-likeness (QED) is 0.608. The van der Waals surface area contributed by atoms with Crippen LogP contribution in [0.4, 0.5) is 0 Å². The fourth-order valence-electron chi connectivity index (χ4n) is 4.59. The number of nitrogens with zero attached hydrogens (tertiary/aromatic N) is 5. The minimum Gasteiger partial charge on any atom is -0.336 e. The Kier molecular flexibility index (Phi) is 7.56. The maximum absolute atomic E-state index is 12.9. The molecule has 2 N–H and O–H groups in total. The number of hydrogen-bond acceptors (Lipinski definition) is 6. The normalized spacial score (nSPS) is 23.6. The van der Waals surface area contributed by atoms with E-state index in [-0.39, 0.29) is 11.4 Å². The van der Waals surface area contributed by atoms with E-state index >= 15 is 0 Å². The topological polar surface area (TPSA) is 96.1 Å². The van der Waals surface area contributed by atoms with Gasteiger partial charge in [0.2, 0.25) is 0 Å². The zero-order valence-corrected chi connectivity index (χ0v) is 20.0. The summed E-state index contributed by atoms with van der Waals surface area (Å²) in [4.78, 5) is 27.0. The molecule has 1 aromatic rings. The van der Waals surface area contributed by atoms with Gasteiger partial charge < -0.3 is 15.5 Å². The van der Waals surface area contributed by atoms with E-state index < -0.39 is 0 Å². The van der Waals surface area contributed by atoms with Gasteiger partial charge in [-0.25, -0.2) is 0 Å². The maximum atomic E-state index is 12.9. The lowest BCUT2D eigenvalue weighted by Gasteiger charge is -2.39. The molecule has 178 valence electrons. The van der Waals surface area contributed by atoms with Crippen LogP contribution < -0.4 is 10.6 Å². The molecule has 2 aliphatic heterocycles. The van der Waals surface area contributed by atoms with Crippen LogP contribution in [0.3, 0.4) is 0 Å². The van der Waals surface area contributed by atoms with E-state index in [1.54, 1.807) is 24.3 Å². The summed E-state index contributed by atoms with van der Waals surface area (Å²) >= 11 is 0. The van der Waals surface area contributed by atoms with Crippen molar-refractivity contribution in [2.45, 2.75) is 25.3 Å². The number of benzene rings is 1. The van der Waals surface area contributed by atoms with E-state index in [4.69, 9.17) is 15.2 Å². The highest BCUT2D eigenvalue weighted by Crippen LogP contribution is 2.32. The number of piperazine rings is 1. The van der Waals surface area contributed by atoms with Gasteiger partial charge in [-0.3, -0.25) is 19.7 Å². The van der Waals surface area contributed by atoms with E-state index in [9.17, 15) is 4.79 Å². The summed E-state index contributed by atoms with van der Waals surface area (Å²) in [5.74, 6) is 1.85. The molecule has 34 heavy (non-hydrogen) atoms. The van der Waals surface area contributed by atoms with Crippen molar-refractivity contribution in [1.82, 2.24) is 20.4 Å². The van der Waals surface area contributed by atoms with Gasteiger partial charge in [0.1, 0.15) is 11.7 Å². The van der Waals surface area contributed by atoms with Crippen molar-refractivity contribution in [3.8, 4) is 6.07 Å². The van der Waals surface area contributed by atoms with E-state index in [1.807, 2.05) is 11.9 Å². The standard InChI is InChI=1S/C26H33N7O/c1-26-10-4-3-9-22(26)24(29-12-6-11-28-2)30-23(31-26)19-32-13-15-33(16-14-32)25(34)21-8-5-7-20(17-21)18-27/h3-5,7-9,17,28H,6,10-16,19H2,1-2H3,(H,29,30,31). The lowest BCUT2D eigenvalue weighted by atomic mass is 9.83.